The Morgan fingerprint density at radius 2 is 2.15 bits per heavy atom. The fourth-order valence-electron chi connectivity index (χ4n) is 3.64. The van der Waals surface area contributed by atoms with Crippen molar-refractivity contribution >= 4 is 35.2 Å². The van der Waals surface area contributed by atoms with Crippen LogP contribution in [-0.2, 0) is 4.79 Å². The van der Waals surface area contributed by atoms with Gasteiger partial charge in [0.1, 0.15) is 0 Å². The van der Waals surface area contributed by atoms with E-state index in [0.717, 1.165) is 12.8 Å². The lowest BCUT2D eigenvalue weighted by molar-refractivity contribution is -0.130. The molecular formula is C18H24ClN5O2. The van der Waals surface area contributed by atoms with Crippen LogP contribution in [0.2, 0.25) is 5.02 Å². The van der Waals surface area contributed by atoms with E-state index in [2.05, 4.69) is 10.6 Å². The van der Waals surface area contributed by atoms with Crippen LogP contribution in [0.3, 0.4) is 0 Å². The third-order valence-corrected chi connectivity index (χ3v) is 5.69. The van der Waals surface area contributed by atoms with Crippen molar-refractivity contribution in [3.8, 4) is 0 Å². The van der Waals surface area contributed by atoms with Crippen molar-refractivity contribution in [3.05, 3.63) is 29.3 Å². The molecule has 0 aliphatic carbocycles. The Labute approximate surface area is 158 Å². The molecule has 3 N–H and O–H groups in total. The van der Waals surface area contributed by atoms with E-state index in [-0.39, 0.29) is 23.8 Å². The van der Waals surface area contributed by atoms with Crippen molar-refractivity contribution in [3.63, 3.8) is 0 Å². The molecule has 26 heavy (non-hydrogen) atoms. The fourth-order valence-corrected chi connectivity index (χ4v) is 3.82. The number of urea groups is 1. The van der Waals surface area contributed by atoms with Crippen molar-refractivity contribution in [2.24, 2.45) is 5.92 Å². The smallest absolute Gasteiger partial charge is 0.321 e. The normalized spacial score (nSPS) is 26.5. The predicted molar refractivity (Wildman–Crippen MR) is 101 cm³/mol. The summed E-state index contributed by atoms with van der Waals surface area (Å²) in [6, 6.07) is 6.94. The number of halogens is 1. The van der Waals surface area contributed by atoms with Gasteiger partial charge in [0.2, 0.25) is 5.91 Å². The second-order valence-corrected chi connectivity index (χ2v) is 7.62. The minimum Gasteiger partial charge on any atom is -0.350 e. The Morgan fingerprint density at radius 3 is 2.85 bits per heavy atom. The van der Waals surface area contributed by atoms with E-state index < -0.39 is 5.54 Å². The number of hydrogen-bond donors (Lipinski definition) is 3. The number of para-hydroxylation sites is 1. The molecule has 2 saturated heterocycles. The zero-order chi connectivity index (χ0) is 18.9. The summed E-state index contributed by atoms with van der Waals surface area (Å²) in [6.45, 7) is 3.16. The van der Waals surface area contributed by atoms with E-state index >= 15 is 0 Å². The highest BCUT2D eigenvalue weighted by Crippen LogP contribution is 2.33. The number of carbonyl (C=O) groups excluding carboxylic acids is 2. The van der Waals surface area contributed by atoms with Gasteiger partial charge < -0.3 is 15.5 Å². The van der Waals surface area contributed by atoms with Crippen molar-refractivity contribution in [2.45, 2.75) is 31.7 Å². The monoisotopic (exact) mass is 377 g/mol. The van der Waals surface area contributed by atoms with Gasteiger partial charge in [-0.25, -0.2) is 4.79 Å². The van der Waals surface area contributed by atoms with Gasteiger partial charge >= 0.3 is 6.03 Å². The lowest BCUT2D eigenvalue weighted by atomic mass is 9.76. The number of piperidine rings is 1. The topological polar surface area (TPSA) is 88.5 Å². The Balaban J connectivity index is 1.69. The second-order valence-electron chi connectivity index (χ2n) is 7.22. The van der Waals surface area contributed by atoms with Gasteiger partial charge in [-0.1, -0.05) is 23.7 Å². The molecular weight excluding hydrogens is 354 g/mol. The zero-order valence-electron chi connectivity index (χ0n) is 15.0. The van der Waals surface area contributed by atoms with Crippen molar-refractivity contribution in [1.29, 1.82) is 5.41 Å². The molecule has 2 fully saturated rings. The average molecular weight is 378 g/mol. The lowest BCUT2D eigenvalue weighted by Gasteiger charge is -2.47. The zero-order valence-corrected chi connectivity index (χ0v) is 15.8. The lowest BCUT2D eigenvalue weighted by Crippen LogP contribution is -2.65. The first-order chi connectivity index (χ1) is 12.3. The van der Waals surface area contributed by atoms with E-state index in [1.807, 2.05) is 19.1 Å². The number of benzene rings is 1. The molecule has 2 aliphatic heterocycles. The molecule has 0 spiro atoms. The van der Waals surface area contributed by atoms with Crippen LogP contribution in [0.1, 0.15) is 26.2 Å². The number of guanidine groups is 1. The first-order valence-electron chi connectivity index (χ1n) is 8.74. The summed E-state index contributed by atoms with van der Waals surface area (Å²) in [7, 11) is 1.60. The summed E-state index contributed by atoms with van der Waals surface area (Å²) in [4.78, 5) is 27.9. The van der Waals surface area contributed by atoms with E-state index in [4.69, 9.17) is 17.0 Å². The van der Waals surface area contributed by atoms with Gasteiger partial charge in [0, 0.05) is 20.1 Å². The maximum absolute atomic E-state index is 12.7. The van der Waals surface area contributed by atoms with E-state index in [1.165, 1.54) is 4.90 Å². The van der Waals surface area contributed by atoms with Crippen LogP contribution in [0.4, 0.5) is 10.5 Å². The van der Waals surface area contributed by atoms with Crippen LogP contribution in [-0.4, -0.2) is 53.4 Å². The van der Waals surface area contributed by atoms with E-state index in [9.17, 15) is 9.59 Å². The Morgan fingerprint density at radius 1 is 1.42 bits per heavy atom. The highest BCUT2D eigenvalue weighted by molar-refractivity contribution is 6.33. The standard InChI is InChI=1S/C18H24ClN5O2/c1-18(10-15(25)23(2)16(20)22-18)12-6-5-9-24(11-12)17(26)21-14-8-4-3-7-13(14)19/h3-4,7-8,12H,5-6,9-11H2,1-2H3,(H2,20,22)(H,21,26)/t12?,18-/m0/s1. The van der Waals surface area contributed by atoms with Crippen LogP contribution in [0.25, 0.3) is 0 Å². The highest BCUT2D eigenvalue weighted by Gasteiger charge is 2.44. The molecule has 8 heteroatoms. The molecule has 7 nitrogen and oxygen atoms in total. The van der Waals surface area contributed by atoms with Crippen LogP contribution >= 0.6 is 11.6 Å². The molecule has 3 rings (SSSR count). The number of amides is 3. The number of nitrogens with one attached hydrogen (secondary N) is 3. The number of carbonyl (C=O) groups is 2. The van der Waals surface area contributed by atoms with Gasteiger partial charge in [-0.3, -0.25) is 15.1 Å². The average Bonchev–Trinajstić information content (AvgIpc) is 2.61. The molecule has 0 bridgehead atoms. The molecule has 0 saturated carbocycles. The number of rotatable bonds is 2. The molecule has 0 radical (unpaired) electrons. The molecule has 2 atom stereocenters. The summed E-state index contributed by atoms with van der Waals surface area (Å²) in [5, 5.41) is 14.5. The summed E-state index contributed by atoms with van der Waals surface area (Å²) in [5.41, 5.74) is 0.0613. The molecule has 140 valence electrons. The first kappa shape index (κ1) is 18.5. The molecule has 3 amide bonds. The molecule has 2 heterocycles. The summed E-state index contributed by atoms with van der Waals surface area (Å²) < 4.78 is 0. The fraction of sp³-hybridized carbons (Fsp3) is 0.500. The molecule has 0 aromatic heterocycles. The third-order valence-electron chi connectivity index (χ3n) is 5.36. The predicted octanol–water partition coefficient (Wildman–Crippen LogP) is 2.73. The summed E-state index contributed by atoms with van der Waals surface area (Å²) >= 11 is 6.12. The molecule has 1 unspecified atom stereocenters. The number of hydrogen-bond acceptors (Lipinski definition) is 3. The Hall–Kier alpha value is -2.28. The molecule has 1 aromatic rings. The van der Waals surface area contributed by atoms with Gasteiger partial charge in [-0.05, 0) is 37.8 Å². The number of nitrogens with zero attached hydrogens (tertiary/aromatic N) is 2. The SMILES string of the molecule is CN1C(=N)N[C@](C)(C2CCCN(C(=O)Nc3ccccc3Cl)C2)CC1=O. The van der Waals surface area contributed by atoms with Crippen molar-refractivity contribution in [1.82, 2.24) is 15.1 Å². The van der Waals surface area contributed by atoms with Crippen molar-refractivity contribution in [2.75, 3.05) is 25.5 Å². The highest BCUT2D eigenvalue weighted by atomic mass is 35.5. The third kappa shape index (κ3) is 3.62. The first-order valence-corrected chi connectivity index (χ1v) is 9.12. The van der Waals surface area contributed by atoms with Gasteiger partial charge in [0.05, 0.1) is 22.7 Å². The largest absolute Gasteiger partial charge is 0.350 e. The van der Waals surface area contributed by atoms with Crippen LogP contribution in [0.5, 0.6) is 0 Å². The summed E-state index contributed by atoms with van der Waals surface area (Å²) in [5.74, 6) is 0.126. The van der Waals surface area contributed by atoms with Gasteiger partial charge in [-0.15, -0.1) is 0 Å². The second kappa shape index (κ2) is 7.15. The number of anilines is 1. The van der Waals surface area contributed by atoms with Crippen LogP contribution < -0.4 is 10.6 Å². The number of likely N-dealkylation sites (tertiary alicyclic amines) is 1. The van der Waals surface area contributed by atoms with E-state index in [0.29, 0.717) is 30.2 Å². The maximum Gasteiger partial charge on any atom is 0.321 e. The quantitative estimate of drug-likeness (QED) is 0.740. The summed E-state index contributed by atoms with van der Waals surface area (Å²) in [6.07, 6.45) is 2.08. The maximum atomic E-state index is 12.7. The molecule has 1 aromatic carbocycles. The Kier molecular flexibility index (Phi) is 5.09. The minimum absolute atomic E-state index is 0.0751. The van der Waals surface area contributed by atoms with Gasteiger partial charge in [0.15, 0.2) is 5.96 Å². The van der Waals surface area contributed by atoms with E-state index in [1.54, 1.807) is 24.1 Å². The van der Waals surface area contributed by atoms with Crippen molar-refractivity contribution < 1.29 is 9.59 Å². The Bertz CT molecular complexity index is 720. The van der Waals surface area contributed by atoms with Gasteiger partial charge in [-0.2, -0.15) is 0 Å². The van der Waals surface area contributed by atoms with Crippen LogP contribution in [0.15, 0.2) is 24.3 Å². The van der Waals surface area contributed by atoms with Crippen LogP contribution in [0, 0.1) is 11.3 Å². The molecule has 2 aliphatic rings. The minimum atomic E-state index is -0.524. The van der Waals surface area contributed by atoms with Gasteiger partial charge in [0.25, 0.3) is 0 Å².